The molecule has 2 aromatic carbocycles. The second kappa shape index (κ2) is 6.91. The Kier molecular flexibility index (Phi) is 4.24. The monoisotopic (exact) mass is 389 g/mol. The third-order valence-corrected chi connectivity index (χ3v) is 6.55. The van der Waals surface area contributed by atoms with Crippen LogP contribution >= 0.6 is 11.3 Å². The zero-order valence-electron chi connectivity index (χ0n) is 15.2. The number of hydrogen-bond acceptors (Lipinski definition) is 4. The molecule has 0 unspecified atom stereocenters. The number of nitrogens with one attached hydrogen (secondary N) is 1. The summed E-state index contributed by atoms with van der Waals surface area (Å²) >= 11 is 1.67. The quantitative estimate of drug-likeness (QED) is 0.645. The van der Waals surface area contributed by atoms with Crippen LogP contribution in [0.15, 0.2) is 54.6 Å². The standard InChI is InChI=1S/C23H19NO3S/c25-22(24-21-13-15-7-4-8-20(15)28-21)16-9-10-18-17(11-16)12-19(27-23(18)26)14-5-2-1-3-6-14/h1-3,5-6,9-11,13,19H,4,7-8,12H2,(H,24,25)/t19-/m1/s1. The van der Waals surface area contributed by atoms with Crippen molar-refractivity contribution in [1.29, 1.82) is 0 Å². The van der Waals surface area contributed by atoms with Crippen LogP contribution in [-0.4, -0.2) is 11.9 Å². The molecule has 5 heteroatoms. The van der Waals surface area contributed by atoms with E-state index in [1.54, 1.807) is 23.5 Å². The van der Waals surface area contributed by atoms with Crippen molar-refractivity contribution in [2.24, 2.45) is 0 Å². The number of fused-ring (bicyclic) bond motifs is 2. The smallest absolute Gasteiger partial charge is 0.339 e. The van der Waals surface area contributed by atoms with Gasteiger partial charge in [-0.05, 0) is 60.2 Å². The maximum Gasteiger partial charge on any atom is 0.339 e. The minimum atomic E-state index is -0.336. The number of carbonyl (C=O) groups is 2. The highest BCUT2D eigenvalue weighted by molar-refractivity contribution is 7.16. The highest BCUT2D eigenvalue weighted by Gasteiger charge is 2.28. The number of ether oxygens (including phenoxy) is 1. The molecule has 0 saturated heterocycles. The van der Waals surface area contributed by atoms with Crippen molar-refractivity contribution < 1.29 is 14.3 Å². The van der Waals surface area contributed by atoms with Crippen LogP contribution in [0.3, 0.4) is 0 Å². The van der Waals surface area contributed by atoms with Gasteiger partial charge >= 0.3 is 5.97 Å². The number of carbonyl (C=O) groups excluding carboxylic acids is 2. The van der Waals surface area contributed by atoms with Gasteiger partial charge in [-0.3, -0.25) is 4.79 Å². The van der Waals surface area contributed by atoms with Crippen LogP contribution in [0.2, 0.25) is 0 Å². The lowest BCUT2D eigenvalue weighted by Crippen LogP contribution is -2.22. The molecule has 0 spiro atoms. The number of amides is 1. The molecule has 0 radical (unpaired) electrons. The lowest BCUT2D eigenvalue weighted by atomic mass is 9.93. The van der Waals surface area contributed by atoms with E-state index in [2.05, 4.69) is 11.4 Å². The van der Waals surface area contributed by atoms with E-state index in [1.165, 1.54) is 16.9 Å². The van der Waals surface area contributed by atoms with Gasteiger partial charge in [0.1, 0.15) is 6.10 Å². The van der Waals surface area contributed by atoms with Crippen molar-refractivity contribution in [3.63, 3.8) is 0 Å². The Bertz CT molecular complexity index is 1050. The second-order valence-corrected chi connectivity index (χ2v) is 8.38. The summed E-state index contributed by atoms with van der Waals surface area (Å²) in [5, 5.41) is 3.91. The first-order valence-electron chi connectivity index (χ1n) is 9.49. The van der Waals surface area contributed by atoms with Crippen molar-refractivity contribution in [3.05, 3.63) is 87.3 Å². The van der Waals surface area contributed by atoms with E-state index in [4.69, 9.17) is 4.74 Å². The molecule has 4 nitrogen and oxygen atoms in total. The lowest BCUT2D eigenvalue weighted by molar-refractivity contribution is 0.0252. The van der Waals surface area contributed by atoms with Crippen LogP contribution in [-0.2, 0) is 24.0 Å². The fourth-order valence-electron chi connectivity index (χ4n) is 3.97. The van der Waals surface area contributed by atoms with Gasteiger partial charge in [-0.25, -0.2) is 4.79 Å². The first kappa shape index (κ1) is 17.2. The van der Waals surface area contributed by atoms with Gasteiger partial charge < -0.3 is 10.1 Å². The predicted octanol–water partition coefficient (Wildman–Crippen LogP) is 4.94. The minimum Gasteiger partial charge on any atom is -0.454 e. The summed E-state index contributed by atoms with van der Waals surface area (Å²) < 4.78 is 5.59. The van der Waals surface area contributed by atoms with Gasteiger partial charge in [0.05, 0.1) is 10.6 Å². The molecule has 0 fully saturated rings. The van der Waals surface area contributed by atoms with Crippen LogP contribution in [0, 0.1) is 0 Å². The number of cyclic esters (lactones) is 1. The van der Waals surface area contributed by atoms with E-state index in [0.29, 0.717) is 17.5 Å². The predicted molar refractivity (Wildman–Crippen MR) is 109 cm³/mol. The summed E-state index contributed by atoms with van der Waals surface area (Å²) in [6.07, 6.45) is 3.67. The van der Waals surface area contributed by atoms with E-state index in [-0.39, 0.29) is 18.0 Å². The normalized spacial score (nSPS) is 17.6. The number of hydrogen-bond donors (Lipinski definition) is 1. The van der Waals surface area contributed by atoms with Gasteiger partial charge in [-0.2, -0.15) is 0 Å². The largest absolute Gasteiger partial charge is 0.454 e. The summed E-state index contributed by atoms with van der Waals surface area (Å²) in [4.78, 5) is 26.5. The van der Waals surface area contributed by atoms with E-state index in [0.717, 1.165) is 29.0 Å². The Hall–Kier alpha value is -2.92. The van der Waals surface area contributed by atoms with Gasteiger partial charge in [0, 0.05) is 16.9 Å². The topological polar surface area (TPSA) is 55.4 Å². The molecule has 28 heavy (non-hydrogen) atoms. The molecule has 3 aromatic rings. The van der Waals surface area contributed by atoms with Crippen LogP contribution < -0.4 is 5.32 Å². The maximum absolute atomic E-state index is 12.7. The van der Waals surface area contributed by atoms with Crippen LogP contribution in [0.25, 0.3) is 0 Å². The first-order chi connectivity index (χ1) is 13.7. The molecule has 2 heterocycles. The fraction of sp³-hybridized carbons (Fsp3) is 0.217. The Morgan fingerprint density at radius 1 is 1.04 bits per heavy atom. The molecule has 5 rings (SSSR count). The fourth-order valence-corrected chi connectivity index (χ4v) is 5.11. The zero-order valence-corrected chi connectivity index (χ0v) is 16.1. The van der Waals surface area contributed by atoms with Crippen molar-refractivity contribution in [2.75, 3.05) is 5.32 Å². The van der Waals surface area contributed by atoms with Crippen LogP contribution in [0.4, 0.5) is 5.00 Å². The van der Waals surface area contributed by atoms with Gasteiger partial charge in [0.2, 0.25) is 0 Å². The molecule has 1 N–H and O–H groups in total. The number of esters is 1. The minimum absolute atomic E-state index is 0.141. The lowest BCUT2D eigenvalue weighted by Gasteiger charge is -2.25. The number of aryl methyl sites for hydroxylation is 2. The van der Waals surface area contributed by atoms with Crippen molar-refractivity contribution in [2.45, 2.75) is 31.8 Å². The Balaban J connectivity index is 1.38. The Labute approximate surface area is 167 Å². The Morgan fingerprint density at radius 3 is 2.71 bits per heavy atom. The van der Waals surface area contributed by atoms with E-state index in [9.17, 15) is 9.59 Å². The highest BCUT2D eigenvalue weighted by atomic mass is 32.1. The van der Waals surface area contributed by atoms with Crippen LogP contribution in [0.5, 0.6) is 0 Å². The van der Waals surface area contributed by atoms with Crippen molar-refractivity contribution in [1.82, 2.24) is 0 Å². The summed E-state index contributed by atoms with van der Waals surface area (Å²) in [5.41, 5.74) is 4.28. The van der Waals surface area contributed by atoms with E-state index in [1.807, 2.05) is 36.4 Å². The molecule has 1 atom stereocenters. The summed E-state index contributed by atoms with van der Waals surface area (Å²) in [6, 6.07) is 17.0. The number of benzene rings is 2. The average Bonchev–Trinajstić information content (AvgIpc) is 3.30. The van der Waals surface area contributed by atoms with Crippen molar-refractivity contribution in [3.8, 4) is 0 Å². The maximum atomic E-state index is 12.7. The average molecular weight is 389 g/mol. The molecule has 1 amide bonds. The summed E-state index contributed by atoms with van der Waals surface area (Å²) in [5.74, 6) is -0.477. The second-order valence-electron chi connectivity index (χ2n) is 7.25. The first-order valence-corrected chi connectivity index (χ1v) is 10.3. The number of anilines is 1. The zero-order chi connectivity index (χ0) is 19.1. The molecule has 1 aromatic heterocycles. The van der Waals surface area contributed by atoms with E-state index < -0.39 is 0 Å². The number of thiophene rings is 1. The number of rotatable bonds is 3. The highest BCUT2D eigenvalue weighted by Crippen LogP contribution is 2.34. The molecular weight excluding hydrogens is 370 g/mol. The SMILES string of the molecule is O=C(Nc1cc2c(s1)CCC2)c1ccc2c(c1)C[C@H](c1ccccc1)OC2=O. The third-order valence-electron chi connectivity index (χ3n) is 5.40. The Morgan fingerprint density at radius 2 is 1.89 bits per heavy atom. The molecule has 1 aliphatic heterocycles. The molecule has 140 valence electrons. The van der Waals surface area contributed by atoms with Crippen molar-refractivity contribution >= 4 is 28.2 Å². The summed E-state index contributed by atoms with van der Waals surface area (Å²) in [7, 11) is 0. The van der Waals surface area contributed by atoms with Gasteiger partial charge in [0.25, 0.3) is 5.91 Å². The summed E-state index contributed by atoms with van der Waals surface area (Å²) in [6.45, 7) is 0. The third kappa shape index (κ3) is 3.12. The molecule has 0 saturated carbocycles. The van der Waals surface area contributed by atoms with Gasteiger partial charge in [0.15, 0.2) is 0 Å². The molecule has 1 aliphatic carbocycles. The van der Waals surface area contributed by atoms with Gasteiger partial charge in [-0.15, -0.1) is 11.3 Å². The van der Waals surface area contributed by atoms with E-state index >= 15 is 0 Å². The molecular formula is C23H19NO3S. The molecule has 0 bridgehead atoms. The van der Waals surface area contributed by atoms with Crippen LogP contribution in [0.1, 0.15) is 54.8 Å². The molecule has 2 aliphatic rings. The van der Waals surface area contributed by atoms with Gasteiger partial charge in [-0.1, -0.05) is 30.3 Å².